The van der Waals surface area contributed by atoms with Gasteiger partial charge in [-0.25, -0.2) is 35.1 Å². The fraction of sp³-hybridized carbons (Fsp3) is 0.509. The Balaban J connectivity index is 0.803. The van der Waals surface area contributed by atoms with E-state index in [1.54, 1.807) is 0 Å². The van der Waals surface area contributed by atoms with E-state index in [9.17, 15) is 61.5 Å². The van der Waals surface area contributed by atoms with Gasteiger partial charge in [0, 0.05) is 24.3 Å². The van der Waals surface area contributed by atoms with E-state index >= 15 is 0 Å². The van der Waals surface area contributed by atoms with Crippen LogP contribution in [0.15, 0.2) is 61.2 Å². The molecule has 0 heterocycles. The van der Waals surface area contributed by atoms with Gasteiger partial charge >= 0.3 is 12.4 Å². The number of alkyl halides is 6. The first-order valence-electron chi connectivity index (χ1n) is 24.0. The van der Waals surface area contributed by atoms with Crippen LogP contribution in [0.5, 0.6) is 23.0 Å². The molecule has 0 saturated heterocycles. The molecule has 0 amide bonds. The van der Waals surface area contributed by atoms with Crippen molar-refractivity contribution >= 4 is 0 Å². The average Bonchev–Trinajstić information content (AvgIpc) is 3.29. The second-order valence-electron chi connectivity index (χ2n) is 18.6. The molecule has 2 aliphatic carbocycles. The van der Waals surface area contributed by atoms with E-state index in [2.05, 4.69) is 6.58 Å². The molecule has 71 heavy (non-hydrogen) atoms. The quantitative estimate of drug-likeness (QED) is 0.0421. The zero-order chi connectivity index (χ0) is 51.5. The number of ether oxygens (including phenoxy) is 4. The van der Waals surface area contributed by atoms with Gasteiger partial charge < -0.3 is 18.9 Å². The molecule has 0 unspecified atom stereocenters. The maximum absolute atomic E-state index is 14.9. The summed E-state index contributed by atoms with van der Waals surface area (Å²) in [4.78, 5) is 0. The fourth-order valence-corrected chi connectivity index (χ4v) is 9.57. The monoisotopic (exact) mass is 1020 g/mol. The summed E-state index contributed by atoms with van der Waals surface area (Å²) in [7, 11) is 0. The highest BCUT2D eigenvalue weighted by Gasteiger charge is 2.40. The number of rotatable bonds is 23. The summed E-state index contributed by atoms with van der Waals surface area (Å²) in [6.07, 6.45) is 1.50. The third kappa shape index (κ3) is 15.4. The Morgan fingerprint density at radius 1 is 0.437 bits per heavy atom. The Kier molecular flexibility index (Phi) is 19.4. The van der Waals surface area contributed by atoms with Gasteiger partial charge in [0.25, 0.3) is 0 Å². The lowest BCUT2D eigenvalue weighted by atomic mass is 9.79. The van der Waals surface area contributed by atoms with Crippen LogP contribution < -0.4 is 18.9 Å². The molecule has 0 spiro atoms. The first-order valence-corrected chi connectivity index (χ1v) is 24.0. The maximum atomic E-state index is 14.9. The van der Waals surface area contributed by atoms with Crippen molar-refractivity contribution in [1.82, 2.24) is 0 Å². The third-order valence-electron chi connectivity index (χ3n) is 13.5. The number of unbranched alkanes of at least 4 members (excludes halogenated alkanes) is 4. The van der Waals surface area contributed by atoms with Crippen molar-refractivity contribution < 1.29 is 80.4 Å². The lowest BCUT2D eigenvalue weighted by Gasteiger charge is -2.29. The number of hydrogen-bond acceptors (Lipinski definition) is 4. The molecule has 2 aliphatic rings. The largest absolute Gasteiger partial charge is 0.493 e. The number of allylic oxidation sites excluding steroid dienone is 1. The van der Waals surface area contributed by atoms with Crippen molar-refractivity contribution in [2.75, 3.05) is 26.4 Å². The molecule has 18 heteroatoms. The summed E-state index contributed by atoms with van der Waals surface area (Å²) >= 11 is 0. The van der Waals surface area contributed by atoms with Gasteiger partial charge in [0.05, 0.1) is 26.4 Å². The fourth-order valence-electron chi connectivity index (χ4n) is 9.57. The molecule has 4 aromatic carbocycles. The Hall–Kier alpha value is -5.16. The van der Waals surface area contributed by atoms with Crippen LogP contribution in [0.1, 0.15) is 137 Å². The molecule has 2 saturated carbocycles. The Morgan fingerprint density at radius 3 is 1.06 bits per heavy atom. The van der Waals surface area contributed by atoms with Crippen LogP contribution in [0.2, 0.25) is 0 Å². The highest BCUT2D eigenvalue weighted by atomic mass is 19.4. The molecular formula is C53H56F14O4. The molecule has 4 aromatic rings. The van der Waals surface area contributed by atoms with E-state index in [0.29, 0.717) is 88.5 Å². The van der Waals surface area contributed by atoms with Gasteiger partial charge in [-0.2, -0.15) is 26.3 Å². The molecule has 0 aliphatic heterocycles. The molecule has 0 atom stereocenters. The Bertz CT molecular complexity index is 2130. The highest BCUT2D eigenvalue weighted by molar-refractivity contribution is 5.37. The van der Waals surface area contributed by atoms with Gasteiger partial charge in [0.1, 0.15) is 45.9 Å². The van der Waals surface area contributed by atoms with Gasteiger partial charge in [0.15, 0.2) is 34.8 Å². The van der Waals surface area contributed by atoms with E-state index in [0.717, 1.165) is 62.8 Å². The minimum Gasteiger partial charge on any atom is -0.493 e. The molecule has 4 nitrogen and oxygen atoms in total. The molecule has 0 N–H and O–H groups in total. The van der Waals surface area contributed by atoms with Gasteiger partial charge in [-0.1, -0.05) is 31.8 Å². The minimum atomic E-state index is -5.15. The topological polar surface area (TPSA) is 36.9 Å². The lowest BCUT2D eigenvalue weighted by molar-refractivity contribution is -0.143. The summed E-state index contributed by atoms with van der Waals surface area (Å²) in [5.74, 6) is -12.3. The summed E-state index contributed by atoms with van der Waals surface area (Å²) in [5.41, 5.74) is -3.58. The molecule has 0 bridgehead atoms. The van der Waals surface area contributed by atoms with Crippen LogP contribution in [0.3, 0.4) is 0 Å². The molecule has 0 aromatic heterocycles. The van der Waals surface area contributed by atoms with Crippen LogP contribution >= 0.6 is 0 Å². The number of benzene rings is 4. The SMILES string of the molecule is C=CC(CCCCCOc1cc(F)c(OCC2CCC(c3cc(F)c(C(F)(F)F)c(F)c3)CC2)c(F)c1)CCCCCOc1cc(F)c(OCC2CCC(c3cc(F)c(C(F)(F)F)c(F)c3)CC2)c(F)c1. The van der Waals surface area contributed by atoms with Crippen molar-refractivity contribution in [2.45, 2.75) is 127 Å². The lowest BCUT2D eigenvalue weighted by Crippen LogP contribution is -2.20. The van der Waals surface area contributed by atoms with Gasteiger partial charge in [0.2, 0.25) is 0 Å². The van der Waals surface area contributed by atoms with Crippen molar-refractivity contribution in [2.24, 2.45) is 17.8 Å². The van der Waals surface area contributed by atoms with Gasteiger partial charge in [-0.3, -0.25) is 0 Å². The van der Waals surface area contributed by atoms with Crippen molar-refractivity contribution in [1.29, 1.82) is 0 Å². The van der Waals surface area contributed by atoms with E-state index in [1.165, 1.54) is 0 Å². The predicted molar refractivity (Wildman–Crippen MR) is 237 cm³/mol. The zero-order valence-corrected chi connectivity index (χ0v) is 38.9. The van der Waals surface area contributed by atoms with Crippen molar-refractivity contribution in [3.8, 4) is 23.0 Å². The summed E-state index contributed by atoms with van der Waals surface area (Å²) in [6, 6.07) is 7.03. The summed E-state index contributed by atoms with van der Waals surface area (Å²) in [6.45, 7) is 4.35. The van der Waals surface area contributed by atoms with E-state index in [4.69, 9.17) is 18.9 Å². The number of halogens is 14. The van der Waals surface area contributed by atoms with E-state index < -0.39 is 81.5 Å². The van der Waals surface area contributed by atoms with Crippen LogP contribution in [0, 0.1) is 64.3 Å². The normalized spacial score (nSPS) is 19.1. The highest BCUT2D eigenvalue weighted by Crippen LogP contribution is 2.42. The van der Waals surface area contributed by atoms with Gasteiger partial charge in [-0.15, -0.1) is 6.58 Å². The second-order valence-corrected chi connectivity index (χ2v) is 18.6. The molecule has 390 valence electrons. The molecule has 2 fully saturated rings. The first-order chi connectivity index (χ1) is 33.7. The standard InChI is InChI=1S/C53H56F14O4/c1-2-31(9-5-3-7-19-68-38-25-44(58)50(45(59)26-38)70-29-32-11-15-34(16-12-32)36-21-40(54)48(41(55)22-36)52(62,63)64)10-6-4-8-20-69-39-27-46(60)51(47(61)28-39)71-30-33-13-17-35(18-14-33)37-23-42(56)49(43(57)24-37)53(65,66)67/h2,21-28,31-35H,1,3-20,29-30H2. The second kappa shape index (κ2) is 25.0. The maximum Gasteiger partial charge on any atom is 0.422 e. The Labute approximate surface area is 403 Å². The summed E-state index contributed by atoms with van der Waals surface area (Å²) < 4.78 is 216. The smallest absolute Gasteiger partial charge is 0.422 e. The third-order valence-corrected chi connectivity index (χ3v) is 13.5. The van der Waals surface area contributed by atoms with Crippen LogP contribution in [-0.2, 0) is 12.4 Å². The zero-order valence-electron chi connectivity index (χ0n) is 38.9. The molecule has 0 radical (unpaired) electrons. The summed E-state index contributed by atoms with van der Waals surface area (Å²) in [5, 5.41) is 0. The van der Waals surface area contributed by atoms with Crippen molar-refractivity contribution in [3.63, 3.8) is 0 Å². The van der Waals surface area contributed by atoms with Gasteiger partial charge in [-0.05, 0) is 142 Å². The first kappa shape index (κ1) is 55.2. The molecular weight excluding hydrogens is 967 g/mol. The van der Waals surface area contributed by atoms with E-state index in [1.807, 2.05) is 6.08 Å². The minimum absolute atomic E-state index is 0.00695. The molecule has 6 rings (SSSR count). The Morgan fingerprint density at radius 2 is 0.761 bits per heavy atom. The van der Waals surface area contributed by atoms with Crippen LogP contribution in [-0.4, -0.2) is 26.4 Å². The average molecular weight is 1020 g/mol. The van der Waals surface area contributed by atoms with Crippen LogP contribution in [0.25, 0.3) is 0 Å². The van der Waals surface area contributed by atoms with Crippen LogP contribution in [0.4, 0.5) is 61.5 Å². The predicted octanol–water partition coefficient (Wildman–Crippen LogP) is 16.9. The number of hydrogen-bond donors (Lipinski definition) is 0. The van der Waals surface area contributed by atoms with Crippen molar-refractivity contribution in [3.05, 3.63) is 130 Å². The van der Waals surface area contributed by atoms with E-state index in [-0.39, 0.29) is 78.6 Å².